The first-order valence-electron chi connectivity index (χ1n) is 11.9. The molecule has 0 spiro atoms. The molecule has 1 heterocycles. The molecule has 0 atom stereocenters. The number of para-hydroxylation sites is 2. The molecule has 13 heteroatoms. The van der Waals surface area contributed by atoms with Crippen LogP contribution < -0.4 is 9.47 Å². The van der Waals surface area contributed by atoms with Crippen molar-refractivity contribution in [3.8, 4) is 11.5 Å². The van der Waals surface area contributed by atoms with Crippen molar-refractivity contribution in [2.45, 2.75) is 33.6 Å². The molecule has 2 aromatic rings. The van der Waals surface area contributed by atoms with Crippen molar-refractivity contribution in [1.29, 1.82) is 0 Å². The molecule has 0 aliphatic carbocycles. The lowest BCUT2D eigenvalue weighted by atomic mass is 10.2. The summed E-state index contributed by atoms with van der Waals surface area (Å²) in [5.41, 5.74) is 0. The Morgan fingerprint density at radius 2 is 1.15 bits per heavy atom. The van der Waals surface area contributed by atoms with Gasteiger partial charge in [-0.05, 0) is 45.0 Å². The van der Waals surface area contributed by atoms with Gasteiger partial charge in [-0.2, -0.15) is 0 Å². The van der Waals surface area contributed by atoms with Gasteiger partial charge < -0.3 is 33.5 Å². The summed E-state index contributed by atoms with van der Waals surface area (Å²) >= 11 is 0. The molecule has 0 saturated carbocycles. The van der Waals surface area contributed by atoms with E-state index in [1.54, 1.807) is 62.4 Å². The minimum absolute atomic E-state index is 0.272. The van der Waals surface area contributed by atoms with Crippen LogP contribution in [0.4, 0.5) is 14.4 Å². The van der Waals surface area contributed by atoms with Gasteiger partial charge in [0.15, 0.2) is 5.78 Å². The van der Waals surface area contributed by atoms with E-state index in [-0.39, 0.29) is 12.2 Å². The summed E-state index contributed by atoms with van der Waals surface area (Å²) in [6, 6.07) is 17.6. The second-order valence-electron chi connectivity index (χ2n) is 7.13. The lowest BCUT2D eigenvalue weighted by Gasteiger charge is -2.04. The molecule has 0 bridgehead atoms. The number of aliphatic carboxylic acids is 1. The molecule has 0 unspecified atom stereocenters. The van der Waals surface area contributed by atoms with E-state index in [1.807, 2.05) is 12.1 Å². The molecule has 218 valence electrons. The summed E-state index contributed by atoms with van der Waals surface area (Å²) in [6.45, 7) is 6.29. The van der Waals surface area contributed by atoms with E-state index in [1.165, 1.54) is 6.92 Å². The zero-order valence-corrected chi connectivity index (χ0v) is 22.4. The van der Waals surface area contributed by atoms with Gasteiger partial charge in [0, 0.05) is 0 Å². The SMILES string of the molecule is CC(=O)CC(=O)CC(=O)O.CCOC(=O)OCC.O=C(Oc1ccccc1)Oc1ccccc1.O=C1OCCO1. The van der Waals surface area contributed by atoms with Crippen molar-refractivity contribution < 1.29 is 62.3 Å². The van der Waals surface area contributed by atoms with Crippen LogP contribution in [0.2, 0.25) is 0 Å². The molecular weight excluding hydrogens is 532 g/mol. The van der Waals surface area contributed by atoms with E-state index in [2.05, 4.69) is 18.9 Å². The van der Waals surface area contributed by atoms with Gasteiger partial charge in [0.2, 0.25) is 0 Å². The number of rotatable bonds is 8. The molecule has 0 amide bonds. The van der Waals surface area contributed by atoms with E-state index in [4.69, 9.17) is 14.6 Å². The van der Waals surface area contributed by atoms with Gasteiger partial charge in [-0.3, -0.25) is 14.4 Å². The average molecular weight is 565 g/mol. The Kier molecular flexibility index (Phi) is 19.4. The first-order chi connectivity index (χ1) is 19.1. The fourth-order valence-electron chi connectivity index (χ4n) is 2.27. The van der Waals surface area contributed by atoms with Crippen LogP contribution >= 0.6 is 0 Å². The molecule has 3 rings (SSSR count). The van der Waals surface area contributed by atoms with Crippen LogP contribution in [-0.4, -0.2) is 67.5 Å². The maximum atomic E-state index is 11.3. The van der Waals surface area contributed by atoms with Crippen LogP contribution in [0.1, 0.15) is 33.6 Å². The molecule has 1 aliphatic rings. The third-order valence-corrected chi connectivity index (χ3v) is 3.73. The first-order valence-corrected chi connectivity index (χ1v) is 11.9. The van der Waals surface area contributed by atoms with E-state index in [9.17, 15) is 28.8 Å². The van der Waals surface area contributed by atoms with Gasteiger partial charge in [0.1, 0.15) is 36.9 Å². The monoisotopic (exact) mass is 564 g/mol. The van der Waals surface area contributed by atoms with E-state index in [0.717, 1.165) is 0 Å². The van der Waals surface area contributed by atoms with E-state index < -0.39 is 36.6 Å². The van der Waals surface area contributed by atoms with Gasteiger partial charge in [-0.1, -0.05) is 36.4 Å². The third kappa shape index (κ3) is 21.2. The number of hydrogen-bond acceptors (Lipinski definition) is 12. The minimum atomic E-state index is -1.19. The van der Waals surface area contributed by atoms with Crippen LogP contribution in [0.25, 0.3) is 0 Å². The number of cyclic esters (lactones) is 2. The standard InChI is InChI=1S/C13H10O3.C6H8O4.C5H10O3.C3H4O3/c14-13(15-11-7-3-1-4-8-11)16-12-9-5-2-6-10-12;1-4(7)2-5(8)3-6(9)10;1-3-7-5(6)8-4-2;4-3-5-1-2-6-3/h1-10H;2-3H2,1H3,(H,9,10);3-4H2,1-2H3;1-2H2. The third-order valence-electron chi connectivity index (χ3n) is 3.73. The Balaban J connectivity index is 0.000000547. The highest BCUT2D eigenvalue weighted by molar-refractivity contribution is 6.04. The molecule has 1 aliphatic heterocycles. The number of carbonyl (C=O) groups is 6. The number of ether oxygens (including phenoxy) is 6. The second kappa shape index (κ2) is 22.1. The van der Waals surface area contributed by atoms with Gasteiger partial charge in [-0.25, -0.2) is 14.4 Å². The fourth-order valence-corrected chi connectivity index (χ4v) is 2.27. The number of Topliss-reactive ketones (excluding diaryl/α,β-unsaturated/α-hetero) is 2. The van der Waals surface area contributed by atoms with Gasteiger partial charge in [-0.15, -0.1) is 0 Å². The summed E-state index contributed by atoms with van der Waals surface area (Å²) in [6.07, 6.45) is -2.70. The Bertz CT molecular complexity index is 975. The molecule has 13 nitrogen and oxygen atoms in total. The van der Waals surface area contributed by atoms with E-state index >= 15 is 0 Å². The highest BCUT2D eigenvalue weighted by atomic mass is 16.8. The van der Waals surface area contributed by atoms with Crippen LogP contribution in [0, 0.1) is 0 Å². The predicted octanol–water partition coefficient (Wildman–Crippen LogP) is 4.61. The van der Waals surface area contributed by atoms with Crippen molar-refractivity contribution in [3.05, 3.63) is 60.7 Å². The van der Waals surface area contributed by atoms with Crippen molar-refractivity contribution in [2.24, 2.45) is 0 Å². The molecule has 0 aromatic heterocycles. The first kappa shape index (κ1) is 35.1. The van der Waals surface area contributed by atoms with Crippen LogP contribution in [0.3, 0.4) is 0 Å². The van der Waals surface area contributed by atoms with Gasteiger partial charge in [0.25, 0.3) is 0 Å². The minimum Gasteiger partial charge on any atom is -0.481 e. The number of carboxylic acid groups (broad SMARTS) is 1. The van der Waals surface area contributed by atoms with Gasteiger partial charge in [0.05, 0.1) is 19.6 Å². The fraction of sp³-hybridized carbons (Fsp3) is 0.333. The maximum absolute atomic E-state index is 11.3. The number of carbonyl (C=O) groups excluding carboxylic acids is 5. The van der Waals surface area contributed by atoms with Crippen molar-refractivity contribution >= 4 is 36.0 Å². The summed E-state index contributed by atoms with van der Waals surface area (Å²) in [5, 5.41) is 8.06. The predicted molar refractivity (Wildman–Crippen MR) is 138 cm³/mol. The smallest absolute Gasteiger partial charge is 0.481 e. The molecule has 40 heavy (non-hydrogen) atoms. The van der Waals surface area contributed by atoms with Crippen LogP contribution in [0.5, 0.6) is 11.5 Å². The van der Waals surface area contributed by atoms with Crippen molar-refractivity contribution in [2.75, 3.05) is 26.4 Å². The molecule has 0 radical (unpaired) electrons. The second-order valence-corrected chi connectivity index (χ2v) is 7.13. The largest absolute Gasteiger partial charge is 0.519 e. The number of benzene rings is 2. The van der Waals surface area contributed by atoms with Crippen molar-refractivity contribution in [3.63, 3.8) is 0 Å². The topological polar surface area (TPSA) is 178 Å². The van der Waals surface area contributed by atoms with Crippen molar-refractivity contribution in [1.82, 2.24) is 0 Å². The summed E-state index contributed by atoms with van der Waals surface area (Å²) in [4.78, 5) is 61.9. The summed E-state index contributed by atoms with van der Waals surface area (Å²) < 4.78 is 27.3. The summed E-state index contributed by atoms with van der Waals surface area (Å²) in [5.74, 6) is -1.11. The zero-order valence-electron chi connectivity index (χ0n) is 22.4. The molecule has 2 aromatic carbocycles. The lowest BCUT2D eigenvalue weighted by molar-refractivity contribution is -0.140. The van der Waals surface area contributed by atoms with Gasteiger partial charge >= 0.3 is 24.4 Å². The maximum Gasteiger partial charge on any atom is 0.519 e. The highest BCUT2D eigenvalue weighted by Crippen LogP contribution is 2.12. The lowest BCUT2D eigenvalue weighted by Crippen LogP contribution is -2.13. The Morgan fingerprint density at radius 3 is 1.45 bits per heavy atom. The Hall–Kier alpha value is -4.94. The Morgan fingerprint density at radius 1 is 0.725 bits per heavy atom. The Labute approximate surface area is 230 Å². The zero-order chi connectivity index (χ0) is 30.2. The summed E-state index contributed by atoms with van der Waals surface area (Å²) in [7, 11) is 0. The number of hydrogen-bond donors (Lipinski definition) is 1. The van der Waals surface area contributed by atoms with Crippen LogP contribution in [0.15, 0.2) is 60.7 Å². The quantitative estimate of drug-likeness (QED) is 0.267. The molecule has 1 N–H and O–H groups in total. The van der Waals surface area contributed by atoms with E-state index in [0.29, 0.717) is 37.9 Å². The average Bonchev–Trinajstić information content (AvgIpc) is 3.36. The normalized spacial score (nSPS) is 10.6. The molecule has 1 saturated heterocycles. The molecule has 1 fully saturated rings. The number of ketones is 2. The molecular formula is C27H32O13. The van der Waals surface area contributed by atoms with Crippen LogP contribution in [-0.2, 0) is 33.3 Å². The highest BCUT2D eigenvalue weighted by Gasteiger charge is 2.10. The number of carboxylic acids is 1.